The zero-order valence-electron chi connectivity index (χ0n) is 8.63. The maximum absolute atomic E-state index is 11.6. The number of rotatable bonds is 3. The molecule has 1 aliphatic heterocycles. The van der Waals surface area contributed by atoms with Gasteiger partial charge in [0.15, 0.2) is 15.8 Å². The lowest BCUT2D eigenvalue weighted by Gasteiger charge is -2.32. The molecule has 0 aromatic rings. The minimum absolute atomic E-state index is 0.123. The molecule has 2 N–H and O–H groups in total. The smallest absolute Gasteiger partial charge is 0.264 e. The Morgan fingerprint density at radius 1 is 1.44 bits per heavy atom. The van der Waals surface area contributed by atoms with Gasteiger partial charge in [0.25, 0.3) is 5.91 Å². The second-order valence-electron chi connectivity index (χ2n) is 3.49. The molecular formula is C7H13NO6S2. The van der Waals surface area contributed by atoms with E-state index in [1.807, 2.05) is 0 Å². The van der Waals surface area contributed by atoms with Gasteiger partial charge in [-0.15, -0.1) is 0 Å². The molecule has 1 fully saturated rings. The van der Waals surface area contributed by atoms with E-state index in [9.17, 15) is 17.4 Å². The predicted molar refractivity (Wildman–Crippen MR) is 55.7 cm³/mol. The van der Waals surface area contributed by atoms with Crippen LogP contribution >= 0.6 is 0 Å². The Kier molecular flexibility index (Phi) is 4.05. The molecule has 0 saturated carbocycles. The van der Waals surface area contributed by atoms with Crippen molar-refractivity contribution < 1.29 is 26.8 Å². The largest absolute Gasteiger partial charge is 0.293 e. The Morgan fingerprint density at radius 2 is 1.94 bits per heavy atom. The van der Waals surface area contributed by atoms with Gasteiger partial charge in [0.05, 0.1) is 18.6 Å². The molecule has 1 amide bonds. The highest BCUT2D eigenvalue weighted by molar-refractivity contribution is 7.91. The van der Waals surface area contributed by atoms with Crippen LogP contribution in [0.1, 0.15) is 12.8 Å². The number of hydrogen-bond donors (Lipinski definition) is 2. The summed E-state index contributed by atoms with van der Waals surface area (Å²) in [7, 11) is -2.03. The number of sulfone groups is 1. The zero-order valence-corrected chi connectivity index (χ0v) is 10.3. The second kappa shape index (κ2) is 4.78. The highest BCUT2D eigenvalue weighted by atomic mass is 32.2. The standard InChI is InChI=1S/C7H13NO6S2/c1-14-15(11)7(6(9)8-10)2-4-16(12,13)5-3-7/h10H,2-5H2,1H3,(H,8,9). The summed E-state index contributed by atoms with van der Waals surface area (Å²) in [6.45, 7) is 0. The van der Waals surface area contributed by atoms with Gasteiger partial charge in [-0.1, -0.05) is 0 Å². The van der Waals surface area contributed by atoms with Gasteiger partial charge in [-0.25, -0.2) is 18.1 Å². The quantitative estimate of drug-likeness (QED) is 0.490. The van der Waals surface area contributed by atoms with E-state index in [0.717, 1.165) is 7.11 Å². The van der Waals surface area contributed by atoms with E-state index in [0.29, 0.717) is 0 Å². The first kappa shape index (κ1) is 13.6. The third kappa shape index (κ3) is 2.42. The Labute approximate surface area is 95.7 Å². The molecule has 9 heteroatoms. The molecule has 7 nitrogen and oxygen atoms in total. The van der Waals surface area contributed by atoms with Gasteiger partial charge < -0.3 is 0 Å². The predicted octanol–water partition coefficient (Wildman–Crippen LogP) is -1.25. The fraction of sp³-hybridized carbons (Fsp3) is 0.857. The average molecular weight is 271 g/mol. The van der Waals surface area contributed by atoms with Crippen LogP contribution in [0.25, 0.3) is 0 Å². The van der Waals surface area contributed by atoms with Crippen LogP contribution in [0.4, 0.5) is 0 Å². The van der Waals surface area contributed by atoms with E-state index in [-0.39, 0.29) is 24.3 Å². The van der Waals surface area contributed by atoms with Crippen molar-refractivity contribution in [3.8, 4) is 0 Å². The lowest BCUT2D eigenvalue weighted by Crippen LogP contribution is -2.53. The summed E-state index contributed by atoms with van der Waals surface area (Å²) in [4.78, 5) is 11.5. The molecule has 1 aliphatic rings. The van der Waals surface area contributed by atoms with E-state index in [2.05, 4.69) is 4.18 Å². The molecule has 0 aromatic carbocycles. The molecule has 1 saturated heterocycles. The van der Waals surface area contributed by atoms with Gasteiger partial charge in [-0.05, 0) is 12.8 Å². The number of hydrogen-bond acceptors (Lipinski definition) is 6. The van der Waals surface area contributed by atoms with Crippen molar-refractivity contribution >= 4 is 26.8 Å². The van der Waals surface area contributed by atoms with Crippen LogP contribution in [-0.4, -0.2) is 47.1 Å². The summed E-state index contributed by atoms with van der Waals surface area (Å²) in [6, 6.07) is 0. The highest BCUT2D eigenvalue weighted by Crippen LogP contribution is 2.30. The number of hydroxylamine groups is 1. The van der Waals surface area contributed by atoms with Crippen molar-refractivity contribution in [3.05, 3.63) is 0 Å². The zero-order chi connectivity index (χ0) is 12.4. The molecule has 0 aromatic heterocycles. The fourth-order valence-electron chi connectivity index (χ4n) is 1.60. The van der Waals surface area contributed by atoms with E-state index < -0.39 is 31.6 Å². The van der Waals surface area contributed by atoms with Crippen LogP contribution in [-0.2, 0) is 29.9 Å². The van der Waals surface area contributed by atoms with E-state index in [1.165, 1.54) is 5.48 Å². The molecular weight excluding hydrogens is 258 g/mol. The van der Waals surface area contributed by atoms with Crippen LogP contribution in [0, 0.1) is 0 Å². The fourth-order valence-corrected chi connectivity index (χ4v) is 4.43. The maximum atomic E-state index is 11.6. The molecule has 0 bridgehead atoms. The highest BCUT2D eigenvalue weighted by Gasteiger charge is 2.49. The number of carbonyl (C=O) groups excluding carboxylic acids is 1. The molecule has 1 heterocycles. The first-order valence-corrected chi connectivity index (χ1v) is 7.39. The number of carbonyl (C=O) groups is 1. The van der Waals surface area contributed by atoms with Crippen LogP contribution in [0.5, 0.6) is 0 Å². The lowest BCUT2D eigenvalue weighted by molar-refractivity contribution is -0.132. The summed E-state index contributed by atoms with van der Waals surface area (Å²) in [5, 5.41) is 8.59. The topological polar surface area (TPSA) is 110 Å². The van der Waals surface area contributed by atoms with Gasteiger partial charge in [-0.3, -0.25) is 14.2 Å². The van der Waals surface area contributed by atoms with Crippen molar-refractivity contribution in [2.75, 3.05) is 18.6 Å². The van der Waals surface area contributed by atoms with Gasteiger partial charge >= 0.3 is 0 Å². The normalized spacial score (nSPS) is 24.6. The van der Waals surface area contributed by atoms with Crippen LogP contribution < -0.4 is 5.48 Å². The molecule has 1 unspecified atom stereocenters. The minimum atomic E-state index is -3.19. The number of nitrogens with one attached hydrogen (secondary N) is 1. The first-order valence-electron chi connectivity index (χ1n) is 4.49. The Morgan fingerprint density at radius 3 is 2.31 bits per heavy atom. The molecule has 0 spiro atoms. The van der Waals surface area contributed by atoms with Gasteiger partial charge in [-0.2, -0.15) is 0 Å². The number of amides is 1. The van der Waals surface area contributed by atoms with E-state index in [4.69, 9.17) is 5.21 Å². The summed E-state index contributed by atoms with van der Waals surface area (Å²) in [6.07, 6.45) is -0.246. The Bertz CT molecular complexity index is 371. The molecule has 94 valence electrons. The molecule has 1 rings (SSSR count). The SMILES string of the molecule is COS(=O)C1(C(=O)NO)CCS(=O)(=O)CC1. The van der Waals surface area contributed by atoms with Crippen molar-refractivity contribution in [2.45, 2.75) is 17.6 Å². The summed E-state index contributed by atoms with van der Waals surface area (Å²) < 4.78 is 37.2. The minimum Gasteiger partial charge on any atom is -0.293 e. The van der Waals surface area contributed by atoms with Crippen molar-refractivity contribution in [1.82, 2.24) is 5.48 Å². The van der Waals surface area contributed by atoms with Crippen LogP contribution in [0.3, 0.4) is 0 Å². The van der Waals surface area contributed by atoms with Gasteiger partial charge in [0, 0.05) is 0 Å². The summed E-state index contributed by atoms with van der Waals surface area (Å²) in [5.74, 6) is -1.35. The lowest BCUT2D eigenvalue weighted by atomic mass is 10.0. The molecule has 0 radical (unpaired) electrons. The third-order valence-corrected chi connectivity index (χ3v) is 5.81. The van der Waals surface area contributed by atoms with Gasteiger partial charge in [0.1, 0.15) is 9.84 Å². The van der Waals surface area contributed by atoms with Crippen molar-refractivity contribution in [3.63, 3.8) is 0 Å². The molecule has 0 aliphatic carbocycles. The van der Waals surface area contributed by atoms with Crippen molar-refractivity contribution in [2.24, 2.45) is 0 Å². The average Bonchev–Trinajstić information content (AvgIpc) is 2.27. The summed E-state index contributed by atoms with van der Waals surface area (Å²) in [5.41, 5.74) is 1.41. The maximum Gasteiger partial charge on any atom is 0.264 e. The van der Waals surface area contributed by atoms with Crippen molar-refractivity contribution in [1.29, 1.82) is 0 Å². The monoisotopic (exact) mass is 271 g/mol. The third-order valence-electron chi connectivity index (χ3n) is 2.62. The van der Waals surface area contributed by atoms with Crippen LogP contribution in [0.15, 0.2) is 0 Å². The molecule has 1 atom stereocenters. The Balaban J connectivity index is 3.00. The van der Waals surface area contributed by atoms with Crippen LogP contribution in [0.2, 0.25) is 0 Å². The first-order chi connectivity index (χ1) is 7.38. The second-order valence-corrected chi connectivity index (χ2v) is 7.38. The summed E-state index contributed by atoms with van der Waals surface area (Å²) >= 11 is -1.97. The van der Waals surface area contributed by atoms with Gasteiger partial charge in [0.2, 0.25) is 0 Å². The molecule has 16 heavy (non-hydrogen) atoms. The Hall–Kier alpha value is -0.510. The van der Waals surface area contributed by atoms with E-state index in [1.54, 1.807) is 0 Å². The van der Waals surface area contributed by atoms with E-state index >= 15 is 0 Å².